The molecule has 12 heteroatoms. The van der Waals surface area contributed by atoms with Crippen molar-refractivity contribution in [2.24, 2.45) is 5.41 Å². The van der Waals surface area contributed by atoms with Crippen LogP contribution in [0.3, 0.4) is 0 Å². The van der Waals surface area contributed by atoms with Crippen LogP contribution in [0.4, 0.5) is 23.2 Å². The van der Waals surface area contributed by atoms with Crippen LogP contribution in [-0.2, 0) is 27.5 Å². The molecule has 0 heterocycles. The first-order chi connectivity index (χ1) is 22.9. The van der Waals surface area contributed by atoms with Gasteiger partial charge in [0.05, 0.1) is 17.2 Å². The predicted octanol–water partition coefficient (Wildman–Crippen LogP) is 8.15. The zero-order valence-corrected chi connectivity index (χ0v) is 27.8. The Balaban J connectivity index is 1.54. The molecule has 4 aromatic carbocycles. The molecule has 1 unspecified atom stereocenters. The van der Waals surface area contributed by atoms with E-state index in [1.54, 1.807) is 24.3 Å². The summed E-state index contributed by atoms with van der Waals surface area (Å²) in [5, 5.41) is 5.30. The minimum Gasteiger partial charge on any atom is -0.351 e. The van der Waals surface area contributed by atoms with Gasteiger partial charge in [0.1, 0.15) is 5.82 Å². The Kier molecular flexibility index (Phi) is 11.5. The molecule has 0 saturated heterocycles. The van der Waals surface area contributed by atoms with Crippen LogP contribution in [0.25, 0.3) is 17.2 Å². The number of amides is 2. The average molecular weight is 697 g/mol. The van der Waals surface area contributed by atoms with Crippen molar-refractivity contribution in [3.05, 3.63) is 131 Å². The summed E-state index contributed by atoms with van der Waals surface area (Å²) in [5.74, 6) is -3.19. The number of carbonyl (C=O) groups is 2. The Hall–Kier alpha value is -4.81. The largest absolute Gasteiger partial charge is 0.416 e. The lowest BCUT2D eigenvalue weighted by molar-refractivity contribution is -0.137. The predicted molar refractivity (Wildman–Crippen MR) is 182 cm³/mol. The lowest BCUT2D eigenvalue weighted by Crippen LogP contribution is -2.28. The fourth-order valence-electron chi connectivity index (χ4n) is 4.86. The molecular weight excluding hydrogens is 660 g/mol. The van der Waals surface area contributed by atoms with Crippen molar-refractivity contribution < 1.29 is 40.1 Å². The smallest absolute Gasteiger partial charge is 0.351 e. The van der Waals surface area contributed by atoms with Gasteiger partial charge in [-0.3, -0.25) is 14.1 Å². The van der Waals surface area contributed by atoms with Crippen LogP contribution in [0, 0.1) is 11.2 Å². The minimum absolute atomic E-state index is 0.0140. The maximum absolute atomic E-state index is 14.6. The molecule has 258 valence electrons. The second-order valence-electron chi connectivity index (χ2n) is 12.6. The lowest BCUT2D eigenvalue weighted by atomic mass is 9.89. The van der Waals surface area contributed by atoms with Crippen LogP contribution in [0.15, 0.2) is 97.1 Å². The molecule has 1 atom stereocenters. The summed E-state index contributed by atoms with van der Waals surface area (Å²) in [6.45, 7) is 5.99. The first-order valence-electron chi connectivity index (χ1n) is 15.3. The van der Waals surface area contributed by atoms with Gasteiger partial charge >= 0.3 is 6.18 Å². The monoisotopic (exact) mass is 696 g/mol. The van der Waals surface area contributed by atoms with Crippen molar-refractivity contribution in [2.75, 3.05) is 17.6 Å². The molecule has 7 nitrogen and oxygen atoms in total. The van der Waals surface area contributed by atoms with Crippen LogP contribution in [0.1, 0.15) is 59.3 Å². The van der Waals surface area contributed by atoms with Crippen molar-refractivity contribution in [1.82, 2.24) is 5.32 Å². The molecule has 0 aliphatic heterocycles. The van der Waals surface area contributed by atoms with Gasteiger partial charge in [0.15, 0.2) is 0 Å². The molecule has 3 N–H and O–H groups in total. The molecule has 0 saturated carbocycles. The van der Waals surface area contributed by atoms with E-state index in [-0.39, 0.29) is 35.4 Å². The highest BCUT2D eigenvalue weighted by Gasteiger charge is 2.31. The number of halogens is 4. The number of carbonyl (C=O) groups excluding carboxylic acids is 2. The summed E-state index contributed by atoms with van der Waals surface area (Å²) in [4.78, 5) is 26.2. The van der Waals surface area contributed by atoms with Gasteiger partial charge in [-0.1, -0.05) is 87.5 Å². The Morgan fingerprint density at radius 3 is 2.06 bits per heavy atom. The maximum Gasteiger partial charge on any atom is 0.416 e. The molecule has 0 bridgehead atoms. The third-order valence-corrected chi connectivity index (χ3v) is 8.21. The van der Waals surface area contributed by atoms with Gasteiger partial charge in [0, 0.05) is 23.4 Å². The average Bonchev–Trinajstić information content (AvgIpc) is 3.02. The normalized spacial score (nSPS) is 12.9. The number of allylic oxidation sites excluding steroid dienone is 1. The summed E-state index contributed by atoms with van der Waals surface area (Å²) < 4.78 is 84.2. The van der Waals surface area contributed by atoms with Crippen molar-refractivity contribution >= 4 is 33.7 Å². The highest BCUT2D eigenvalue weighted by Crippen LogP contribution is 2.33. The Bertz CT molecular complexity index is 1920. The molecule has 0 spiro atoms. The second kappa shape index (κ2) is 15.2. The van der Waals surface area contributed by atoms with Crippen LogP contribution in [-0.4, -0.2) is 37.1 Å². The number of benzene rings is 4. The molecule has 0 radical (unpaired) electrons. The summed E-state index contributed by atoms with van der Waals surface area (Å²) >= 11 is 0. The van der Waals surface area contributed by atoms with Gasteiger partial charge in [-0.15, -0.1) is 0 Å². The zero-order valence-electron chi connectivity index (χ0n) is 27.0. The molecule has 2 amide bonds. The lowest BCUT2D eigenvalue weighted by Gasteiger charge is -2.19. The van der Waals surface area contributed by atoms with E-state index in [4.69, 9.17) is 4.55 Å². The highest BCUT2D eigenvalue weighted by atomic mass is 32.2. The summed E-state index contributed by atoms with van der Waals surface area (Å²) in [5.41, 5.74) is 2.28. The third kappa shape index (κ3) is 11.1. The van der Waals surface area contributed by atoms with Gasteiger partial charge in [-0.05, 0) is 70.5 Å². The topological polar surface area (TPSA) is 113 Å². The first-order valence-corrected chi connectivity index (χ1v) is 16.9. The van der Waals surface area contributed by atoms with Gasteiger partial charge in [-0.25, -0.2) is 4.39 Å². The van der Waals surface area contributed by atoms with Crippen LogP contribution >= 0.6 is 0 Å². The molecule has 4 aromatic rings. The third-order valence-electron chi connectivity index (χ3n) is 7.49. The van der Waals surface area contributed by atoms with Crippen LogP contribution in [0.5, 0.6) is 0 Å². The maximum atomic E-state index is 14.6. The molecule has 4 rings (SSSR count). The number of alkyl halides is 3. The van der Waals surface area contributed by atoms with E-state index < -0.39 is 45.3 Å². The first kappa shape index (κ1) is 37.0. The highest BCUT2D eigenvalue weighted by molar-refractivity contribution is 7.85. The van der Waals surface area contributed by atoms with E-state index in [9.17, 15) is 35.6 Å². The number of nitrogens with one attached hydrogen (secondary N) is 2. The zero-order chi connectivity index (χ0) is 36.0. The van der Waals surface area contributed by atoms with Gasteiger partial charge < -0.3 is 10.6 Å². The quantitative estimate of drug-likeness (QED) is 0.108. The van der Waals surface area contributed by atoms with Crippen LogP contribution in [0.2, 0.25) is 0 Å². The van der Waals surface area contributed by atoms with Gasteiger partial charge in [0.2, 0.25) is 5.91 Å². The van der Waals surface area contributed by atoms with Gasteiger partial charge in [0.25, 0.3) is 16.0 Å². The SMILES string of the molecule is CC(C)(C)/C=C/c1ccc(C(Cc2ccc(C(=O)NCCS(=O)(=O)O)cc2)C(=O)Nc2ccc(-c3ccc(C(F)(F)F)cc3F)cc2)cc1. The summed E-state index contributed by atoms with van der Waals surface area (Å²) in [7, 11) is -4.22. The Morgan fingerprint density at radius 2 is 1.51 bits per heavy atom. The fourth-order valence-corrected chi connectivity index (χ4v) is 5.22. The number of hydrogen-bond acceptors (Lipinski definition) is 4. The number of rotatable bonds is 11. The van der Waals surface area contributed by atoms with Gasteiger partial charge in [-0.2, -0.15) is 21.6 Å². The van der Waals surface area contributed by atoms with Crippen LogP contribution < -0.4 is 10.6 Å². The minimum atomic E-state index is -4.67. The Labute approximate surface area is 282 Å². The number of hydrogen-bond donors (Lipinski definition) is 3. The van der Waals surface area contributed by atoms with E-state index >= 15 is 0 Å². The van der Waals surface area contributed by atoms with E-state index in [1.165, 1.54) is 24.3 Å². The standard InChI is InChI=1S/C37H36F4N2O5S/c1-36(2,3)19-18-24-4-8-27(9-5-24)32(22-25-6-10-28(11-7-25)34(44)42-20-21-49(46,47)48)35(45)43-30-15-12-26(13-16-30)31-17-14-29(23-33(31)38)37(39,40)41/h4-19,23,32H,20-22H2,1-3H3,(H,42,44)(H,43,45)(H,46,47,48)/b19-18+. The van der Waals surface area contributed by atoms with E-state index in [0.29, 0.717) is 17.3 Å². The molecule has 49 heavy (non-hydrogen) atoms. The van der Waals surface area contributed by atoms with Crippen molar-refractivity contribution in [3.63, 3.8) is 0 Å². The van der Waals surface area contributed by atoms with E-state index in [2.05, 4.69) is 37.5 Å². The molecule has 0 aromatic heterocycles. The Morgan fingerprint density at radius 1 is 0.878 bits per heavy atom. The van der Waals surface area contributed by atoms with E-state index in [1.807, 2.05) is 30.3 Å². The summed E-state index contributed by atoms with van der Waals surface area (Å²) in [6.07, 6.45) is -0.340. The summed E-state index contributed by atoms with van der Waals surface area (Å²) in [6, 6.07) is 22.4. The van der Waals surface area contributed by atoms with E-state index in [0.717, 1.165) is 28.8 Å². The molecule has 0 fully saturated rings. The molecule has 0 aliphatic carbocycles. The second-order valence-corrected chi connectivity index (χ2v) is 14.2. The van der Waals surface area contributed by atoms with Crippen molar-refractivity contribution in [1.29, 1.82) is 0 Å². The molecular formula is C37H36F4N2O5S. The van der Waals surface area contributed by atoms with Crippen molar-refractivity contribution in [2.45, 2.75) is 39.3 Å². The molecule has 0 aliphatic rings. The van der Waals surface area contributed by atoms with Crippen molar-refractivity contribution in [3.8, 4) is 11.1 Å². The fraction of sp³-hybridized carbons (Fsp3) is 0.243. The number of anilines is 1.